The Morgan fingerprint density at radius 2 is 2.17 bits per heavy atom. The van der Waals surface area contributed by atoms with E-state index in [1.165, 1.54) is 12.1 Å². The van der Waals surface area contributed by atoms with Crippen LogP contribution in [0.4, 0.5) is 10.1 Å². The number of nitro benzene ring substituents is 1. The number of aliphatic hydroxyl groups is 1. The summed E-state index contributed by atoms with van der Waals surface area (Å²) in [5, 5.41) is 23.0. The topological polar surface area (TPSA) is 75.4 Å². The van der Waals surface area contributed by atoms with E-state index in [-0.39, 0.29) is 17.8 Å². The van der Waals surface area contributed by atoms with Crippen LogP contribution in [0.3, 0.4) is 0 Å². The van der Waals surface area contributed by atoms with Crippen LogP contribution in [0.15, 0.2) is 18.2 Å². The van der Waals surface area contributed by atoms with Gasteiger partial charge in [0.1, 0.15) is 5.82 Å². The molecule has 0 radical (unpaired) electrons. The van der Waals surface area contributed by atoms with E-state index in [0.717, 1.165) is 25.3 Å². The largest absolute Gasteiger partial charge is 0.394 e. The minimum Gasteiger partial charge on any atom is -0.394 e. The van der Waals surface area contributed by atoms with Crippen molar-refractivity contribution in [1.82, 2.24) is 5.32 Å². The second kappa shape index (κ2) is 4.99. The van der Waals surface area contributed by atoms with E-state index in [1.54, 1.807) is 0 Å². The minimum absolute atomic E-state index is 0.0322. The maximum absolute atomic E-state index is 13.2. The van der Waals surface area contributed by atoms with E-state index in [2.05, 4.69) is 5.32 Å². The second-order valence-corrected chi connectivity index (χ2v) is 4.72. The number of hydrogen-bond acceptors (Lipinski definition) is 4. The molecule has 1 saturated carbocycles. The lowest BCUT2D eigenvalue weighted by Gasteiger charge is -2.41. The Balaban J connectivity index is 2.07. The van der Waals surface area contributed by atoms with Crippen molar-refractivity contribution in [3.8, 4) is 0 Å². The number of benzene rings is 1. The fourth-order valence-corrected chi connectivity index (χ4v) is 2.12. The van der Waals surface area contributed by atoms with Crippen LogP contribution in [0.25, 0.3) is 0 Å². The Labute approximate surface area is 104 Å². The molecule has 0 bridgehead atoms. The Hall–Kier alpha value is -1.53. The summed E-state index contributed by atoms with van der Waals surface area (Å²) < 4.78 is 13.2. The van der Waals surface area contributed by atoms with Crippen LogP contribution < -0.4 is 5.32 Å². The fraction of sp³-hybridized carbons (Fsp3) is 0.500. The molecule has 0 aromatic heterocycles. The molecular formula is C12H15FN2O3. The molecule has 18 heavy (non-hydrogen) atoms. The highest BCUT2D eigenvalue weighted by atomic mass is 19.1. The van der Waals surface area contributed by atoms with Gasteiger partial charge in [-0.15, -0.1) is 0 Å². The molecule has 1 aromatic carbocycles. The van der Waals surface area contributed by atoms with Crippen molar-refractivity contribution in [1.29, 1.82) is 0 Å². The smallest absolute Gasteiger partial charge is 0.272 e. The van der Waals surface area contributed by atoms with Crippen molar-refractivity contribution in [2.24, 2.45) is 0 Å². The van der Waals surface area contributed by atoms with Crippen LogP contribution >= 0.6 is 0 Å². The molecule has 1 aliphatic carbocycles. The number of nitro groups is 1. The van der Waals surface area contributed by atoms with Gasteiger partial charge in [-0.05, 0) is 30.9 Å². The monoisotopic (exact) mass is 254 g/mol. The van der Waals surface area contributed by atoms with Gasteiger partial charge in [-0.3, -0.25) is 10.1 Å². The standard InChI is InChI=1S/C12H15FN2O3/c13-10-4-9(5-11(6-10)15(17)18)7-14-12(8-16)2-1-3-12/h4-6,14,16H,1-3,7-8H2. The van der Waals surface area contributed by atoms with E-state index in [9.17, 15) is 19.6 Å². The molecule has 0 spiro atoms. The van der Waals surface area contributed by atoms with E-state index in [0.29, 0.717) is 12.1 Å². The Bertz CT molecular complexity index is 455. The molecule has 0 aliphatic heterocycles. The Morgan fingerprint density at radius 3 is 2.67 bits per heavy atom. The maximum Gasteiger partial charge on any atom is 0.272 e. The van der Waals surface area contributed by atoms with Gasteiger partial charge in [0, 0.05) is 18.2 Å². The van der Waals surface area contributed by atoms with Gasteiger partial charge >= 0.3 is 0 Å². The molecule has 6 heteroatoms. The summed E-state index contributed by atoms with van der Waals surface area (Å²) >= 11 is 0. The predicted molar refractivity (Wildman–Crippen MR) is 63.6 cm³/mol. The molecule has 2 N–H and O–H groups in total. The third kappa shape index (κ3) is 2.65. The van der Waals surface area contributed by atoms with Gasteiger partial charge in [0.2, 0.25) is 0 Å². The Morgan fingerprint density at radius 1 is 1.44 bits per heavy atom. The average molecular weight is 254 g/mol. The van der Waals surface area contributed by atoms with Gasteiger partial charge in [0.05, 0.1) is 17.6 Å². The second-order valence-electron chi connectivity index (χ2n) is 4.72. The van der Waals surface area contributed by atoms with E-state index < -0.39 is 10.7 Å². The van der Waals surface area contributed by atoms with E-state index >= 15 is 0 Å². The summed E-state index contributed by atoms with van der Waals surface area (Å²) in [5.41, 5.74) is -0.0268. The summed E-state index contributed by atoms with van der Waals surface area (Å²) in [5.74, 6) is -0.618. The first kappa shape index (κ1) is 12.9. The average Bonchev–Trinajstić information content (AvgIpc) is 2.27. The third-order valence-electron chi connectivity index (χ3n) is 3.43. The molecule has 1 aliphatic rings. The van der Waals surface area contributed by atoms with Gasteiger partial charge in [-0.1, -0.05) is 0 Å². The highest BCUT2D eigenvalue weighted by Gasteiger charge is 2.35. The zero-order valence-electron chi connectivity index (χ0n) is 9.86. The molecule has 0 unspecified atom stereocenters. The van der Waals surface area contributed by atoms with Gasteiger partial charge in [0.15, 0.2) is 0 Å². The number of nitrogens with one attached hydrogen (secondary N) is 1. The lowest BCUT2D eigenvalue weighted by Crippen LogP contribution is -2.53. The lowest BCUT2D eigenvalue weighted by molar-refractivity contribution is -0.385. The number of halogens is 1. The number of nitrogens with zero attached hydrogens (tertiary/aromatic N) is 1. The van der Waals surface area contributed by atoms with Crippen molar-refractivity contribution in [3.63, 3.8) is 0 Å². The Kier molecular flexibility index (Phi) is 3.58. The number of non-ortho nitro benzene ring substituents is 1. The molecule has 98 valence electrons. The van der Waals surface area contributed by atoms with Crippen LogP contribution in [0, 0.1) is 15.9 Å². The van der Waals surface area contributed by atoms with Gasteiger partial charge in [-0.2, -0.15) is 0 Å². The quantitative estimate of drug-likeness (QED) is 0.620. The van der Waals surface area contributed by atoms with Gasteiger partial charge in [0.25, 0.3) is 5.69 Å². The van der Waals surface area contributed by atoms with Crippen molar-refractivity contribution in [3.05, 3.63) is 39.7 Å². The molecule has 2 rings (SSSR count). The van der Waals surface area contributed by atoms with Crippen LogP contribution in [-0.2, 0) is 6.54 Å². The zero-order chi connectivity index (χ0) is 13.2. The van der Waals surface area contributed by atoms with Crippen molar-refractivity contribution in [2.45, 2.75) is 31.3 Å². The first-order valence-electron chi connectivity index (χ1n) is 5.84. The fourth-order valence-electron chi connectivity index (χ4n) is 2.12. The molecule has 1 fully saturated rings. The summed E-state index contributed by atoms with van der Waals surface area (Å²) in [6, 6.07) is 3.51. The molecule has 1 aromatic rings. The molecular weight excluding hydrogens is 239 g/mol. The highest BCUT2D eigenvalue weighted by Crippen LogP contribution is 2.31. The zero-order valence-corrected chi connectivity index (χ0v) is 9.86. The molecule has 0 saturated heterocycles. The number of aliphatic hydroxyl groups excluding tert-OH is 1. The van der Waals surface area contributed by atoms with Gasteiger partial charge in [-0.25, -0.2) is 4.39 Å². The molecule has 0 atom stereocenters. The van der Waals surface area contributed by atoms with Crippen molar-refractivity contribution in [2.75, 3.05) is 6.61 Å². The highest BCUT2D eigenvalue weighted by molar-refractivity contribution is 5.35. The van der Waals surface area contributed by atoms with Crippen molar-refractivity contribution >= 4 is 5.69 Å². The summed E-state index contributed by atoms with van der Waals surface area (Å²) in [6.07, 6.45) is 2.80. The first-order valence-corrected chi connectivity index (χ1v) is 5.84. The maximum atomic E-state index is 13.2. The summed E-state index contributed by atoms with van der Waals surface area (Å²) in [4.78, 5) is 10.00. The lowest BCUT2D eigenvalue weighted by atomic mass is 9.77. The van der Waals surface area contributed by atoms with Crippen LogP contribution in [0.1, 0.15) is 24.8 Å². The summed E-state index contributed by atoms with van der Waals surface area (Å²) in [6.45, 7) is 0.351. The van der Waals surface area contributed by atoms with Gasteiger partial charge < -0.3 is 10.4 Å². The molecule has 0 heterocycles. The van der Waals surface area contributed by atoms with E-state index in [4.69, 9.17) is 0 Å². The molecule has 0 amide bonds. The van der Waals surface area contributed by atoms with Crippen LogP contribution in [0.2, 0.25) is 0 Å². The van der Waals surface area contributed by atoms with Crippen molar-refractivity contribution < 1.29 is 14.4 Å². The van der Waals surface area contributed by atoms with Crippen LogP contribution in [0.5, 0.6) is 0 Å². The SMILES string of the molecule is O=[N+]([O-])c1cc(F)cc(CNC2(CO)CCC2)c1. The predicted octanol–water partition coefficient (Wildman–Crippen LogP) is 1.74. The minimum atomic E-state index is -0.618. The number of rotatable bonds is 5. The van der Waals surface area contributed by atoms with E-state index in [1.807, 2.05) is 0 Å². The third-order valence-corrected chi connectivity index (χ3v) is 3.43. The molecule has 5 nitrogen and oxygen atoms in total. The summed E-state index contributed by atoms with van der Waals surface area (Å²) in [7, 11) is 0. The number of hydrogen-bond donors (Lipinski definition) is 2. The normalized spacial score (nSPS) is 17.2. The first-order chi connectivity index (χ1) is 8.54. The van der Waals surface area contributed by atoms with Crippen LogP contribution in [-0.4, -0.2) is 22.2 Å².